The van der Waals surface area contributed by atoms with Gasteiger partial charge < -0.3 is 4.74 Å². The summed E-state index contributed by atoms with van der Waals surface area (Å²) < 4.78 is 29.0. The van der Waals surface area contributed by atoms with Gasteiger partial charge in [0.2, 0.25) is 0 Å². The van der Waals surface area contributed by atoms with Gasteiger partial charge in [-0.05, 0) is 35.0 Å². The molecule has 102 valence electrons. The van der Waals surface area contributed by atoms with Crippen LogP contribution in [0.5, 0.6) is 5.75 Å². The molecule has 1 rings (SSSR count). The number of hydrogen-bond donors (Lipinski definition) is 0. The predicted octanol–water partition coefficient (Wildman–Crippen LogP) is 3.82. The predicted molar refractivity (Wildman–Crippen MR) is 78.6 cm³/mol. The number of sulfone groups is 1. The molecule has 0 saturated heterocycles. The molecule has 1 aromatic carbocycles. The van der Waals surface area contributed by atoms with Crippen LogP contribution in [0.4, 0.5) is 0 Å². The second-order valence-electron chi connectivity index (χ2n) is 3.95. The van der Waals surface area contributed by atoms with Gasteiger partial charge in [0.05, 0.1) is 22.2 Å². The van der Waals surface area contributed by atoms with Crippen LogP contribution in [0.2, 0.25) is 5.02 Å². The average molecular weight is 376 g/mol. The lowest BCUT2D eigenvalue weighted by Gasteiger charge is -2.20. The Balaban J connectivity index is 3.32. The molecule has 0 aliphatic carbocycles. The zero-order valence-electron chi connectivity index (χ0n) is 10.1. The quantitative estimate of drug-likeness (QED) is 0.751. The summed E-state index contributed by atoms with van der Waals surface area (Å²) in [6.45, 7) is 1.56. The van der Waals surface area contributed by atoms with Crippen LogP contribution in [0.25, 0.3) is 0 Å². The highest BCUT2D eigenvalue weighted by atomic mass is 79.9. The van der Waals surface area contributed by atoms with Crippen molar-refractivity contribution in [3.63, 3.8) is 0 Å². The van der Waals surface area contributed by atoms with Gasteiger partial charge in [-0.25, -0.2) is 8.42 Å². The fourth-order valence-electron chi connectivity index (χ4n) is 1.47. The molecule has 0 aromatic heterocycles. The average Bonchev–Trinajstić information content (AvgIpc) is 2.24. The molecule has 2 unspecified atom stereocenters. The molecule has 0 aliphatic heterocycles. The third-order valence-electron chi connectivity index (χ3n) is 2.63. The molecule has 7 heteroatoms. The third kappa shape index (κ3) is 3.53. The number of alkyl halides is 1. The number of methoxy groups -OCH3 is 1. The van der Waals surface area contributed by atoms with E-state index in [2.05, 4.69) is 15.9 Å². The van der Waals surface area contributed by atoms with Crippen molar-refractivity contribution in [3.05, 3.63) is 27.2 Å². The van der Waals surface area contributed by atoms with Gasteiger partial charge in [0.25, 0.3) is 0 Å². The number of halogens is 3. The van der Waals surface area contributed by atoms with Gasteiger partial charge in [-0.3, -0.25) is 0 Å². The van der Waals surface area contributed by atoms with Crippen LogP contribution in [0.15, 0.2) is 16.6 Å². The fraction of sp³-hybridized carbons (Fsp3) is 0.455. The lowest BCUT2D eigenvalue weighted by atomic mass is 10.1. The number of ether oxygens (including phenoxy) is 1. The van der Waals surface area contributed by atoms with Crippen LogP contribution in [-0.4, -0.2) is 27.0 Å². The third-order valence-corrected chi connectivity index (χ3v) is 5.82. The molecule has 0 aliphatic rings. The molecule has 2 atom stereocenters. The molecule has 0 spiro atoms. The molecule has 0 fully saturated rings. The van der Waals surface area contributed by atoms with Crippen molar-refractivity contribution in [1.82, 2.24) is 0 Å². The molecule has 0 N–H and O–H groups in total. The minimum absolute atomic E-state index is 0.462. The Labute approximate surface area is 125 Å². The van der Waals surface area contributed by atoms with E-state index in [-0.39, 0.29) is 0 Å². The summed E-state index contributed by atoms with van der Waals surface area (Å²) in [4.78, 5) is 0. The fourth-order valence-corrected chi connectivity index (χ4v) is 3.77. The zero-order valence-corrected chi connectivity index (χ0v) is 14.0. The SMILES string of the molecule is COc1c(Br)cc(Cl)cc1C(Cl)C(C)S(C)(=O)=O. The molecule has 0 bridgehead atoms. The summed E-state index contributed by atoms with van der Waals surface area (Å²) in [5.41, 5.74) is 0.552. The van der Waals surface area contributed by atoms with Crippen LogP contribution in [0, 0.1) is 0 Å². The lowest BCUT2D eigenvalue weighted by molar-refractivity contribution is 0.406. The van der Waals surface area contributed by atoms with E-state index in [1.165, 1.54) is 7.11 Å². The maximum Gasteiger partial charge on any atom is 0.151 e. The number of benzene rings is 1. The van der Waals surface area contributed by atoms with Crippen LogP contribution in [-0.2, 0) is 9.84 Å². The van der Waals surface area contributed by atoms with Gasteiger partial charge in [-0.1, -0.05) is 11.6 Å². The van der Waals surface area contributed by atoms with Gasteiger partial charge in [0, 0.05) is 16.8 Å². The van der Waals surface area contributed by atoms with E-state index in [0.717, 1.165) is 6.26 Å². The van der Waals surface area contributed by atoms with E-state index in [4.69, 9.17) is 27.9 Å². The first-order chi connectivity index (χ1) is 8.18. The van der Waals surface area contributed by atoms with Crippen molar-refractivity contribution in [2.75, 3.05) is 13.4 Å². The van der Waals surface area contributed by atoms with E-state index in [9.17, 15) is 8.42 Å². The lowest BCUT2D eigenvalue weighted by Crippen LogP contribution is -2.21. The van der Waals surface area contributed by atoms with Gasteiger partial charge in [0.15, 0.2) is 9.84 Å². The highest BCUT2D eigenvalue weighted by molar-refractivity contribution is 9.10. The molecule has 3 nitrogen and oxygen atoms in total. The van der Waals surface area contributed by atoms with E-state index in [1.807, 2.05) is 0 Å². The van der Waals surface area contributed by atoms with E-state index in [0.29, 0.717) is 20.8 Å². The maximum absolute atomic E-state index is 11.5. The Morgan fingerprint density at radius 2 is 1.94 bits per heavy atom. The van der Waals surface area contributed by atoms with Gasteiger partial charge in [0.1, 0.15) is 5.75 Å². The molecule has 18 heavy (non-hydrogen) atoms. The zero-order chi connectivity index (χ0) is 14.1. The highest BCUT2D eigenvalue weighted by Gasteiger charge is 2.28. The van der Waals surface area contributed by atoms with Crippen LogP contribution < -0.4 is 4.74 Å². The van der Waals surface area contributed by atoms with Crippen molar-refractivity contribution >= 4 is 49.0 Å². The summed E-state index contributed by atoms with van der Waals surface area (Å²) in [6, 6.07) is 3.28. The molecule has 0 heterocycles. The van der Waals surface area contributed by atoms with Crippen molar-refractivity contribution in [3.8, 4) is 5.75 Å². The van der Waals surface area contributed by atoms with Crippen LogP contribution in [0.3, 0.4) is 0 Å². The molecule has 0 amide bonds. The van der Waals surface area contributed by atoms with Crippen molar-refractivity contribution in [1.29, 1.82) is 0 Å². The Morgan fingerprint density at radius 1 is 1.39 bits per heavy atom. The molecule has 1 aromatic rings. The summed E-state index contributed by atoms with van der Waals surface area (Å²) in [6.07, 6.45) is 1.15. The van der Waals surface area contributed by atoms with E-state index >= 15 is 0 Å². The van der Waals surface area contributed by atoms with Gasteiger partial charge >= 0.3 is 0 Å². The van der Waals surface area contributed by atoms with Gasteiger partial charge in [-0.15, -0.1) is 11.6 Å². The monoisotopic (exact) mass is 374 g/mol. The first-order valence-electron chi connectivity index (χ1n) is 5.04. The molecule has 0 radical (unpaired) electrons. The van der Waals surface area contributed by atoms with E-state index in [1.54, 1.807) is 19.1 Å². The van der Waals surface area contributed by atoms with Gasteiger partial charge in [-0.2, -0.15) is 0 Å². The Kier molecular flexibility index (Phi) is 5.35. The summed E-state index contributed by atoms with van der Waals surface area (Å²) in [5.74, 6) is 0.495. The topological polar surface area (TPSA) is 43.4 Å². The highest BCUT2D eigenvalue weighted by Crippen LogP contribution is 2.40. The Hall–Kier alpha value is 0.0300. The molecular formula is C11H13BrCl2O3S. The molecular weight excluding hydrogens is 363 g/mol. The van der Waals surface area contributed by atoms with Crippen molar-refractivity contribution in [2.45, 2.75) is 17.6 Å². The summed E-state index contributed by atoms with van der Waals surface area (Å²) >= 11 is 15.5. The van der Waals surface area contributed by atoms with E-state index < -0.39 is 20.5 Å². The minimum atomic E-state index is -3.25. The second-order valence-corrected chi connectivity index (χ2v) is 8.11. The Morgan fingerprint density at radius 3 is 2.39 bits per heavy atom. The summed E-state index contributed by atoms with van der Waals surface area (Å²) in [5, 5.41) is -1.01. The largest absolute Gasteiger partial charge is 0.495 e. The first kappa shape index (κ1) is 16.1. The normalized spacial score (nSPS) is 15.2. The minimum Gasteiger partial charge on any atom is -0.495 e. The smallest absolute Gasteiger partial charge is 0.151 e. The number of hydrogen-bond acceptors (Lipinski definition) is 3. The van der Waals surface area contributed by atoms with Crippen LogP contribution >= 0.6 is 39.1 Å². The second kappa shape index (κ2) is 5.99. The summed E-state index contributed by atoms with van der Waals surface area (Å²) in [7, 11) is -1.75. The standard InChI is InChI=1S/C11H13BrCl2O3S/c1-6(18(3,15)16)10(14)8-4-7(13)5-9(12)11(8)17-2/h4-6,10H,1-3H3. The number of rotatable bonds is 4. The Bertz CT molecular complexity index is 545. The first-order valence-corrected chi connectivity index (χ1v) is 8.60. The molecule has 0 saturated carbocycles. The van der Waals surface area contributed by atoms with Crippen LogP contribution in [0.1, 0.15) is 17.9 Å². The maximum atomic E-state index is 11.5. The van der Waals surface area contributed by atoms with Crippen molar-refractivity contribution in [2.24, 2.45) is 0 Å². The van der Waals surface area contributed by atoms with Crippen molar-refractivity contribution < 1.29 is 13.2 Å².